The molecule has 0 unspecified atom stereocenters. The maximum Gasteiger partial charge on any atom is 0.223 e. The monoisotopic (exact) mass is 380 g/mol. The molecule has 2 aromatic heterocycles. The van der Waals surface area contributed by atoms with E-state index in [2.05, 4.69) is 21.6 Å². The lowest BCUT2D eigenvalue weighted by molar-refractivity contribution is -0.132. The van der Waals surface area contributed by atoms with Crippen molar-refractivity contribution in [3.63, 3.8) is 0 Å². The molecule has 0 fully saturated rings. The predicted octanol–water partition coefficient (Wildman–Crippen LogP) is 0.151. The number of carbonyl (C=O) groups excluding carboxylic acids is 1. The van der Waals surface area contributed by atoms with Crippen LogP contribution in [0.3, 0.4) is 0 Å². The number of aromatic nitrogens is 4. The molecule has 2 aliphatic rings. The molecule has 142 valence electrons. The van der Waals surface area contributed by atoms with Crippen LogP contribution < -0.4 is 5.32 Å². The Kier molecular flexibility index (Phi) is 5.64. The van der Waals surface area contributed by atoms with Crippen LogP contribution in [0.15, 0.2) is 6.07 Å². The minimum Gasteiger partial charge on any atom is -0.390 e. The normalized spacial score (nSPS) is 16.0. The summed E-state index contributed by atoms with van der Waals surface area (Å²) >= 11 is 0. The molecule has 9 heteroatoms. The second kappa shape index (κ2) is 7.77. The summed E-state index contributed by atoms with van der Waals surface area (Å²) < 4.78 is 3.86. The van der Waals surface area contributed by atoms with E-state index in [4.69, 9.17) is 0 Å². The lowest BCUT2D eigenvalue weighted by Gasteiger charge is -2.27. The van der Waals surface area contributed by atoms with E-state index in [1.165, 1.54) is 5.69 Å². The van der Waals surface area contributed by atoms with Crippen LogP contribution in [0.25, 0.3) is 0 Å². The number of rotatable bonds is 4. The first-order valence-corrected chi connectivity index (χ1v) is 8.84. The molecule has 0 saturated carbocycles. The largest absolute Gasteiger partial charge is 0.390 e. The number of nitrogens with zero attached hydrogens (tertiary/aromatic N) is 5. The molecular weight excluding hydrogens is 356 g/mol. The molecule has 0 spiro atoms. The summed E-state index contributed by atoms with van der Waals surface area (Å²) in [5.41, 5.74) is 5.00. The minimum atomic E-state index is -0.0839. The molecule has 4 heterocycles. The second-order valence-electron chi connectivity index (χ2n) is 6.75. The Hall–Kier alpha value is -1.90. The molecule has 1 amide bonds. The SMILES string of the molecule is Cl.Cn1nc(CO)c2c1CCN(C(=O)CCc1cc3n(n1)CCNC3)C2. The molecule has 2 aromatic rings. The first kappa shape index (κ1) is 18.9. The average Bonchev–Trinajstić information content (AvgIpc) is 3.19. The number of nitrogens with one attached hydrogen (secondary N) is 1. The van der Waals surface area contributed by atoms with Gasteiger partial charge in [-0.05, 0) is 6.07 Å². The number of carbonyl (C=O) groups is 1. The summed E-state index contributed by atoms with van der Waals surface area (Å²) in [4.78, 5) is 14.5. The Labute approximate surface area is 158 Å². The zero-order valence-electron chi connectivity index (χ0n) is 14.9. The Morgan fingerprint density at radius 1 is 1.35 bits per heavy atom. The van der Waals surface area contributed by atoms with Crippen molar-refractivity contribution in [2.45, 2.75) is 45.5 Å². The molecule has 26 heavy (non-hydrogen) atoms. The maximum atomic E-state index is 12.6. The van der Waals surface area contributed by atoms with Gasteiger partial charge in [-0.3, -0.25) is 14.2 Å². The second-order valence-corrected chi connectivity index (χ2v) is 6.75. The number of aliphatic hydroxyl groups excluding tert-OH is 1. The average molecular weight is 381 g/mol. The molecule has 8 nitrogen and oxygen atoms in total. The Balaban J connectivity index is 0.00000196. The Morgan fingerprint density at radius 3 is 2.96 bits per heavy atom. The highest BCUT2D eigenvalue weighted by molar-refractivity contribution is 5.85. The molecule has 0 atom stereocenters. The number of hydrogen-bond donors (Lipinski definition) is 2. The molecule has 0 radical (unpaired) electrons. The van der Waals surface area contributed by atoms with Crippen LogP contribution >= 0.6 is 12.4 Å². The topological polar surface area (TPSA) is 88.2 Å². The van der Waals surface area contributed by atoms with Gasteiger partial charge >= 0.3 is 0 Å². The Bertz CT molecular complexity index is 776. The van der Waals surface area contributed by atoms with Crippen LogP contribution in [-0.4, -0.2) is 48.6 Å². The van der Waals surface area contributed by atoms with Crippen molar-refractivity contribution in [1.82, 2.24) is 29.8 Å². The summed E-state index contributed by atoms with van der Waals surface area (Å²) in [5.74, 6) is 0.141. The zero-order chi connectivity index (χ0) is 17.4. The number of fused-ring (bicyclic) bond motifs is 2. The number of aryl methyl sites for hydroxylation is 2. The van der Waals surface area contributed by atoms with Crippen LogP contribution in [0.5, 0.6) is 0 Å². The number of aliphatic hydroxyl groups is 1. The molecular formula is C17H25ClN6O2. The fourth-order valence-electron chi connectivity index (χ4n) is 3.78. The highest BCUT2D eigenvalue weighted by Gasteiger charge is 2.26. The van der Waals surface area contributed by atoms with Crippen molar-refractivity contribution < 1.29 is 9.90 Å². The van der Waals surface area contributed by atoms with Gasteiger partial charge in [0.25, 0.3) is 0 Å². The molecule has 4 rings (SSSR count). The van der Waals surface area contributed by atoms with Gasteiger partial charge in [0.2, 0.25) is 5.91 Å². The number of halogens is 1. The van der Waals surface area contributed by atoms with Gasteiger partial charge < -0.3 is 15.3 Å². The van der Waals surface area contributed by atoms with Gasteiger partial charge in [0.05, 0.1) is 30.2 Å². The quantitative estimate of drug-likeness (QED) is 0.788. The maximum absolute atomic E-state index is 12.6. The van der Waals surface area contributed by atoms with E-state index in [0.29, 0.717) is 31.6 Å². The van der Waals surface area contributed by atoms with Crippen LogP contribution in [-0.2, 0) is 50.9 Å². The van der Waals surface area contributed by atoms with Crippen molar-refractivity contribution >= 4 is 18.3 Å². The third kappa shape index (κ3) is 3.49. The standard InChI is InChI=1S/C17H24N6O2.ClH/c1-21-16-4-6-22(10-14(16)15(11-24)20-21)17(25)3-2-12-8-13-9-18-5-7-23(13)19-12;/h8,18,24H,2-7,9-11H2,1H3;1H. The highest BCUT2D eigenvalue weighted by atomic mass is 35.5. The minimum absolute atomic E-state index is 0. The molecule has 2 aliphatic heterocycles. The van der Waals surface area contributed by atoms with Crippen LogP contribution in [0.1, 0.15) is 34.8 Å². The van der Waals surface area contributed by atoms with Crippen molar-refractivity contribution in [1.29, 1.82) is 0 Å². The smallest absolute Gasteiger partial charge is 0.223 e. The summed E-state index contributed by atoms with van der Waals surface area (Å²) in [6.45, 7) is 3.85. The molecule has 0 bridgehead atoms. The van der Waals surface area contributed by atoms with E-state index < -0.39 is 0 Å². The van der Waals surface area contributed by atoms with Crippen LogP contribution in [0.2, 0.25) is 0 Å². The molecule has 0 aromatic carbocycles. The number of amides is 1. The van der Waals surface area contributed by atoms with Crippen LogP contribution in [0.4, 0.5) is 0 Å². The van der Waals surface area contributed by atoms with Crippen LogP contribution in [0, 0.1) is 0 Å². The lowest BCUT2D eigenvalue weighted by Crippen LogP contribution is -2.36. The predicted molar refractivity (Wildman–Crippen MR) is 97.8 cm³/mol. The van der Waals surface area contributed by atoms with Gasteiger partial charge in [0, 0.05) is 63.7 Å². The molecule has 0 saturated heterocycles. The van der Waals surface area contributed by atoms with E-state index in [1.807, 2.05) is 21.3 Å². The molecule has 0 aliphatic carbocycles. The summed E-state index contributed by atoms with van der Waals surface area (Å²) in [7, 11) is 1.89. The fraction of sp³-hybridized carbons (Fsp3) is 0.588. The van der Waals surface area contributed by atoms with E-state index in [9.17, 15) is 9.90 Å². The van der Waals surface area contributed by atoms with E-state index >= 15 is 0 Å². The first-order valence-electron chi connectivity index (χ1n) is 8.84. The van der Waals surface area contributed by atoms with Gasteiger partial charge in [-0.2, -0.15) is 10.2 Å². The van der Waals surface area contributed by atoms with E-state index in [0.717, 1.165) is 43.0 Å². The highest BCUT2D eigenvalue weighted by Crippen LogP contribution is 2.23. The third-order valence-electron chi connectivity index (χ3n) is 5.14. The van der Waals surface area contributed by atoms with Gasteiger partial charge in [-0.1, -0.05) is 0 Å². The van der Waals surface area contributed by atoms with E-state index in [1.54, 1.807) is 0 Å². The summed E-state index contributed by atoms with van der Waals surface area (Å²) in [6, 6.07) is 2.10. The Morgan fingerprint density at radius 2 is 2.19 bits per heavy atom. The summed E-state index contributed by atoms with van der Waals surface area (Å²) in [6.07, 6.45) is 1.92. The summed E-state index contributed by atoms with van der Waals surface area (Å²) in [5, 5.41) is 21.7. The third-order valence-corrected chi connectivity index (χ3v) is 5.14. The fourth-order valence-corrected chi connectivity index (χ4v) is 3.78. The van der Waals surface area contributed by atoms with E-state index in [-0.39, 0.29) is 24.9 Å². The van der Waals surface area contributed by atoms with Crippen molar-refractivity contribution in [2.24, 2.45) is 7.05 Å². The van der Waals surface area contributed by atoms with Crippen molar-refractivity contribution in [2.75, 3.05) is 13.1 Å². The van der Waals surface area contributed by atoms with Crippen molar-refractivity contribution in [3.8, 4) is 0 Å². The van der Waals surface area contributed by atoms with Crippen molar-refractivity contribution in [3.05, 3.63) is 34.4 Å². The van der Waals surface area contributed by atoms with Gasteiger partial charge in [-0.15, -0.1) is 12.4 Å². The first-order chi connectivity index (χ1) is 12.2. The zero-order valence-corrected chi connectivity index (χ0v) is 15.8. The number of hydrogen-bond acceptors (Lipinski definition) is 5. The van der Waals surface area contributed by atoms with Gasteiger partial charge in [0.1, 0.15) is 0 Å². The van der Waals surface area contributed by atoms with Gasteiger partial charge in [-0.25, -0.2) is 0 Å². The van der Waals surface area contributed by atoms with Gasteiger partial charge in [0.15, 0.2) is 0 Å². The molecule has 2 N–H and O–H groups in total. The lowest BCUT2D eigenvalue weighted by atomic mass is 10.0.